The molecule has 1 amide bonds. The summed E-state index contributed by atoms with van der Waals surface area (Å²) in [6, 6.07) is 1.76. The van der Waals surface area contributed by atoms with E-state index in [0.717, 1.165) is 12.1 Å². The fourth-order valence-corrected chi connectivity index (χ4v) is 1.11. The first-order valence-corrected chi connectivity index (χ1v) is 4.39. The number of carbonyl (C=O) groups is 1. The van der Waals surface area contributed by atoms with Gasteiger partial charge in [0.15, 0.2) is 5.75 Å². The van der Waals surface area contributed by atoms with Crippen LogP contribution in [-0.4, -0.2) is 27.6 Å². The molecule has 1 aromatic carbocycles. The Kier molecular flexibility index (Phi) is 3.51. The number of carbonyl (C=O) groups excluding carboxylic acids is 1. The zero-order valence-corrected chi connectivity index (χ0v) is 8.51. The number of hydrogen-bond acceptors (Lipinski definition) is 5. The highest BCUT2D eigenvalue weighted by molar-refractivity contribution is 5.96. The van der Waals surface area contributed by atoms with Crippen molar-refractivity contribution in [3.63, 3.8) is 0 Å². The van der Waals surface area contributed by atoms with E-state index in [9.17, 15) is 25.1 Å². The lowest BCUT2D eigenvalue weighted by molar-refractivity contribution is -0.386. The summed E-state index contributed by atoms with van der Waals surface area (Å²) in [6.45, 7) is -0.0474. The van der Waals surface area contributed by atoms with E-state index in [0.29, 0.717) is 0 Å². The SMILES string of the molecule is C#CCNC(=O)c1cc(O)c(O)c([N+](=O)[O-])c1. The molecule has 0 saturated carbocycles. The minimum absolute atomic E-state index is 0.0474. The second-order valence-corrected chi connectivity index (χ2v) is 3.01. The molecule has 0 bridgehead atoms. The van der Waals surface area contributed by atoms with Crippen LogP contribution in [0.25, 0.3) is 0 Å². The Labute approximate surface area is 95.8 Å². The summed E-state index contributed by atoms with van der Waals surface area (Å²) in [4.78, 5) is 21.0. The molecule has 17 heavy (non-hydrogen) atoms. The molecule has 0 aliphatic carbocycles. The summed E-state index contributed by atoms with van der Waals surface area (Å²) in [6.07, 6.45) is 4.92. The van der Waals surface area contributed by atoms with Gasteiger partial charge in [-0.2, -0.15) is 0 Å². The summed E-state index contributed by atoms with van der Waals surface area (Å²) in [5.41, 5.74) is -0.918. The van der Waals surface area contributed by atoms with Gasteiger partial charge >= 0.3 is 5.69 Å². The number of hydrogen-bond donors (Lipinski definition) is 3. The Bertz CT molecular complexity index is 518. The van der Waals surface area contributed by atoms with E-state index in [1.807, 2.05) is 0 Å². The van der Waals surface area contributed by atoms with Gasteiger partial charge in [0.05, 0.1) is 17.0 Å². The molecule has 0 fully saturated rings. The molecule has 7 heteroatoms. The molecular weight excluding hydrogens is 228 g/mol. The highest BCUT2D eigenvalue weighted by atomic mass is 16.6. The van der Waals surface area contributed by atoms with Gasteiger partial charge in [0.25, 0.3) is 5.91 Å². The van der Waals surface area contributed by atoms with Gasteiger partial charge in [0, 0.05) is 6.07 Å². The topological polar surface area (TPSA) is 113 Å². The van der Waals surface area contributed by atoms with E-state index in [1.54, 1.807) is 0 Å². The Morgan fingerprint density at radius 1 is 1.53 bits per heavy atom. The smallest absolute Gasteiger partial charge is 0.315 e. The molecule has 0 saturated heterocycles. The van der Waals surface area contributed by atoms with Crippen LogP contribution in [0.15, 0.2) is 12.1 Å². The van der Waals surface area contributed by atoms with Crippen molar-refractivity contribution in [3.05, 3.63) is 27.8 Å². The molecule has 0 heterocycles. The lowest BCUT2D eigenvalue weighted by Crippen LogP contribution is -2.23. The largest absolute Gasteiger partial charge is 0.504 e. The molecule has 0 atom stereocenters. The van der Waals surface area contributed by atoms with Crippen molar-refractivity contribution in [2.24, 2.45) is 0 Å². The monoisotopic (exact) mass is 236 g/mol. The molecular formula is C10H8N2O5. The summed E-state index contributed by atoms with van der Waals surface area (Å²) < 4.78 is 0. The second kappa shape index (κ2) is 4.85. The number of terminal acetylenes is 1. The van der Waals surface area contributed by atoms with Crippen LogP contribution in [-0.2, 0) is 0 Å². The first kappa shape index (κ1) is 12.3. The third-order valence-corrected chi connectivity index (χ3v) is 1.88. The van der Waals surface area contributed by atoms with Crippen molar-refractivity contribution in [1.82, 2.24) is 5.32 Å². The lowest BCUT2D eigenvalue weighted by Gasteiger charge is -2.04. The predicted molar refractivity (Wildman–Crippen MR) is 57.6 cm³/mol. The maximum Gasteiger partial charge on any atom is 0.315 e. The van der Waals surface area contributed by atoms with Gasteiger partial charge < -0.3 is 15.5 Å². The van der Waals surface area contributed by atoms with E-state index in [4.69, 9.17) is 6.42 Å². The Morgan fingerprint density at radius 2 is 2.18 bits per heavy atom. The molecule has 0 aromatic heterocycles. The number of rotatable bonds is 3. The highest BCUT2D eigenvalue weighted by Gasteiger charge is 2.21. The van der Waals surface area contributed by atoms with Crippen LogP contribution in [0.2, 0.25) is 0 Å². The molecule has 0 aliphatic rings. The van der Waals surface area contributed by atoms with Crippen LogP contribution >= 0.6 is 0 Å². The fraction of sp³-hybridized carbons (Fsp3) is 0.100. The normalized spacial score (nSPS) is 9.35. The van der Waals surface area contributed by atoms with Gasteiger partial charge in [-0.15, -0.1) is 6.42 Å². The van der Waals surface area contributed by atoms with E-state index in [-0.39, 0.29) is 12.1 Å². The zero-order chi connectivity index (χ0) is 13.0. The fourth-order valence-electron chi connectivity index (χ4n) is 1.11. The number of aromatic hydroxyl groups is 2. The lowest BCUT2D eigenvalue weighted by atomic mass is 10.1. The van der Waals surface area contributed by atoms with Gasteiger partial charge in [-0.3, -0.25) is 14.9 Å². The van der Waals surface area contributed by atoms with Crippen LogP contribution < -0.4 is 5.32 Å². The number of phenolic OH excluding ortho intramolecular Hbond substituents is 2. The average Bonchev–Trinajstić information content (AvgIpc) is 2.28. The van der Waals surface area contributed by atoms with E-state index in [1.165, 1.54) is 0 Å². The first-order valence-electron chi connectivity index (χ1n) is 4.39. The quantitative estimate of drug-likeness (QED) is 0.303. The molecule has 3 N–H and O–H groups in total. The Balaban J connectivity index is 3.15. The number of nitrogens with one attached hydrogen (secondary N) is 1. The van der Waals surface area contributed by atoms with Gasteiger partial charge in [-0.1, -0.05) is 5.92 Å². The van der Waals surface area contributed by atoms with Crippen molar-refractivity contribution in [2.45, 2.75) is 0 Å². The van der Waals surface area contributed by atoms with Crippen LogP contribution in [0, 0.1) is 22.5 Å². The van der Waals surface area contributed by atoms with E-state index >= 15 is 0 Å². The molecule has 0 spiro atoms. The summed E-state index contributed by atoms with van der Waals surface area (Å²) in [5, 5.41) is 31.2. The van der Waals surface area contributed by atoms with Crippen molar-refractivity contribution >= 4 is 11.6 Å². The first-order chi connectivity index (χ1) is 7.97. The minimum Gasteiger partial charge on any atom is -0.504 e. The maximum atomic E-state index is 11.4. The third-order valence-electron chi connectivity index (χ3n) is 1.88. The number of benzene rings is 1. The minimum atomic E-state index is -0.910. The molecule has 1 rings (SSSR count). The van der Waals surface area contributed by atoms with Gasteiger partial charge in [-0.25, -0.2) is 0 Å². The summed E-state index contributed by atoms with van der Waals surface area (Å²) in [7, 11) is 0. The highest BCUT2D eigenvalue weighted by Crippen LogP contribution is 2.35. The standard InChI is InChI=1S/C10H8N2O5/c1-2-3-11-10(15)6-4-7(12(16)17)9(14)8(13)5-6/h1,4-5,13-14H,3H2,(H,11,15). The summed E-state index contributed by atoms with van der Waals surface area (Å²) in [5.74, 6) is -0.156. The van der Waals surface area contributed by atoms with Crippen LogP contribution in [0.4, 0.5) is 5.69 Å². The number of nitro benzene ring substituents is 1. The van der Waals surface area contributed by atoms with Crippen LogP contribution in [0.5, 0.6) is 11.5 Å². The van der Waals surface area contributed by atoms with E-state index in [2.05, 4.69) is 11.2 Å². The number of nitrogens with zero attached hydrogens (tertiary/aromatic N) is 1. The second-order valence-electron chi connectivity index (χ2n) is 3.01. The maximum absolute atomic E-state index is 11.4. The summed E-state index contributed by atoms with van der Waals surface area (Å²) >= 11 is 0. The third kappa shape index (κ3) is 2.63. The van der Waals surface area contributed by atoms with Crippen LogP contribution in [0.3, 0.4) is 0 Å². The van der Waals surface area contributed by atoms with Gasteiger partial charge in [0.1, 0.15) is 0 Å². The zero-order valence-electron chi connectivity index (χ0n) is 8.51. The molecule has 7 nitrogen and oxygen atoms in total. The number of phenols is 2. The number of amides is 1. The van der Waals surface area contributed by atoms with E-state index < -0.39 is 28.0 Å². The molecule has 88 valence electrons. The molecule has 1 aromatic rings. The Hall–Kier alpha value is -2.75. The molecule has 0 aliphatic heterocycles. The predicted octanol–water partition coefficient (Wildman–Crippen LogP) is 0.369. The van der Waals surface area contributed by atoms with Crippen molar-refractivity contribution < 1.29 is 19.9 Å². The van der Waals surface area contributed by atoms with Gasteiger partial charge in [-0.05, 0) is 6.07 Å². The van der Waals surface area contributed by atoms with Crippen molar-refractivity contribution in [2.75, 3.05) is 6.54 Å². The Morgan fingerprint density at radius 3 is 2.71 bits per heavy atom. The van der Waals surface area contributed by atoms with Crippen molar-refractivity contribution in [3.8, 4) is 23.8 Å². The average molecular weight is 236 g/mol. The van der Waals surface area contributed by atoms with Crippen LogP contribution in [0.1, 0.15) is 10.4 Å². The number of nitro groups is 1. The van der Waals surface area contributed by atoms with Gasteiger partial charge in [0.2, 0.25) is 5.75 Å². The molecule has 0 radical (unpaired) electrons. The molecule has 0 unspecified atom stereocenters. The van der Waals surface area contributed by atoms with Crippen molar-refractivity contribution in [1.29, 1.82) is 0 Å².